The predicted octanol–water partition coefficient (Wildman–Crippen LogP) is -1.90. The van der Waals surface area contributed by atoms with E-state index in [2.05, 4.69) is 50.2 Å². The Morgan fingerprint density at radius 1 is 0.812 bits per heavy atom. The first-order valence-corrected chi connectivity index (χ1v) is 16.8. The molecule has 3 rings (SSSR count). The first-order chi connectivity index (χ1) is 23.0. The lowest BCUT2D eigenvalue weighted by Gasteiger charge is -2.22. The Kier molecular flexibility index (Phi) is 15.0. The van der Waals surface area contributed by atoms with Gasteiger partial charge in [0.25, 0.3) is 10.1 Å². The monoisotopic (exact) mass is 716 g/mol. The average molecular weight is 717 g/mol. The summed E-state index contributed by atoms with van der Waals surface area (Å²) in [6, 6.07) is 6.61. The van der Waals surface area contributed by atoms with Crippen LogP contribution in [0.2, 0.25) is 0 Å². The molecule has 0 radical (unpaired) electrons. The normalized spacial score (nSPS) is 12.0. The van der Waals surface area contributed by atoms with Crippen LogP contribution >= 0.6 is 0 Å². The molecule has 2 aromatic heterocycles. The number of aromatic nitrogens is 6. The highest BCUT2D eigenvalue weighted by Gasteiger charge is 2.18. The molecule has 0 aliphatic rings. The van der Waals surface area contributed by atoms with Crippen LogP contribution in [0.4, 0.5) is 41.1 Å². The van der Waals surface area contributed by atoms with Gasteiger partial charge in [-0.1, -0.05) is 6.07 Å². The van der Waals surface area contributed by atoms with Gasteiger partial charge in [0.05, 0.1) is 38.6 Å². The summed E-state index contributed by atoms with van der Waals surface area (Å²) in [6.45, 7) is -1.11. The molecule has 48 heavy (non-hydrogen) atoms. The molecule has 0 aliphatic carbocycles. The second-order valence-corrected chi connectivity index (χ2v) is 12.2. The number of nitrogens with one attached hydrogen (secondary N) is 4. The van der Waals surface area contributed by atoms with Crippen LogP contribution in [0.5, 0.6) is 0 Å². The summed E-state index contributed by atoms with van der Waals surface area (Å²) in [4.78, 5) is 28.6. The molecule has 3 aromatic rings. The zero-order valence-electron chi connectivity index (χ0n) is 25.3. The molecule has 2 heterocycles. The van der Waals surface area contributed by atoms with Crippen LogP contribution in [0.3, 0.4) is 0 Å². The maximum Gasteiger partial charge on any atom is 0.266 e. The number of aliphatic hydroxyl groups is 4. The number of benzene rings is 1. The number of hydrogen-bond donors (Lipinski definition) is 10. The Labute approximate surface area is 276 Å². The third-order valence-electron chi connectivity index (χ3n) is 5.94. The zero-order chi connectivity index (χ0) is 35.1. The Morgan fingerprint density at radius 2 is 1.31 bits per heavy atom. The zero-order valence-corrected chi connectivity index (χ0v) is 26.9. The van der Waals surface area contributed by atoms with Crippen molar-refractivity contribution in [3.63, 3.8) is 0 Å². The van der Waals surface area contributed by atoms with E-state index in [9.17, 15) is 33.1 Å². The van der Waals surface area contributed by atoms with E-state index in [4.69, 9.17) is 15.2 Å². The summed E-state index contributed by atoms with van der Waals surface area (Å²) in [5.41, 5.74) is 0.866. The van der Waals surface area contributed by atoms with Gasteiger partial charge >= 0.3 is 0 Å². The summed E-state index contributed by atoms with van der Waals surface area (Å²) < 4.78 is 46.8. The third kappa shape index (κ3) is 12.4. The standard InChI is InChI=1S/C24H36N12O10S2/c25-18(47(42)46-41)15-19-29-21(33-23(30-19)35(5-9-37)6-10-38)27-16-2-1-3-17(14-16)28-22-31-20(26-4-13-48(43,44)45)32-24(34-22)36(7-11-39)8-12-40/h1-3,14,25,37-41H,4-13,15H2,(H,43,44,45)(H,27,29,30,33)(H2,26,28,31,32,34). The first kappa shape index (κ1) is 38.2. The summed E-state index contributed by atoms with van der Waals surface area (Å²) in [7, 11) is -4.27. The largest absolute Gasteiger partial charge is 0.395 e. The van der Waals surface area contributed by atoms with Crippen molar-refractivity contribution < 1.29 is 47.2 Å². The second kappa shape index (κ2) is 18.9. The molecule has 1 unspecified atom stereocenters. The van der Waals surface area contributed by atoms with Crippen molar-refractivity contribution in [3.8, 4) is 0 Å². The molecular formula is C24H36N12O10S2. The van der Waals surface area contributed by atoms with E-state index in [1.54, 1.807) is 24.3 Å². The topological polar surface area (TPSA) is 326 Å². The summed E-state index contributed by atoms with van der Waals surface area (Å²) in [6.07, 6.45) is -0.392. The van der Waals surface area contributed by atoms with E-state index in [-0.39, 0.29) is 94.7 Å². The lowest BCUT2D eigenvalue weighted by Crippen LogP contribution is -2.32. The van der Waals surface area contributed by atoms with Gasteiger partial charge in [-0.25, -0.2) is 9.47 Å². The molecule has 1 aromatic carbocycles. The van der Waals surface area contributed by atoms with Crippen LogP contribution < -0.4 is 25.8 Å². The summed E-state index contributed by atoms with van der Waals surface area (Å²) >= 11 is -2.45. The Morgan fingerprint density at radius 3 is 1.81 bits per heavy atom. The summed E-state index contributed by atoms with van der Waals surface area (Å²) in [5, 5.41) is 62.6. The Bertz CT molecular complexity index is 1630. The number of hydrogen-bond acceptors (Lipinski definition) is 21. The minimum atomic E-state index is -4.27. The van der Waals surface area contributed by atoms with Gasteiger partial charge in [0, 0.05) is 44.1 Å². The highest BCUT2D eigenvalue weighted by atomic mass is 32.2. The van der Waals surface area contributed by atoms with Gasteiger partial charge in [0.15, 0.2) is 0 Å². The van der Waals surface area contributed by atoms with Crippen molar-refractivity contribution in [1.82, 2.24) is 29.9 Å². The molecule has 24 heteroatoms. The average Bonchev–Trinajstić information content (AvgIpc) is 3.03. The van der Waals surface area contributed by atoms with Crippen LogP contribution in [0.1, 0.15) is 5.82 Å². The summed E-state index contributed by atoms with van der Waals surface area (Å²) in [5.74, 6) is -0.641. The maximum absolute atomic E-state index is 11.7. The Balaban J connectivity index is 1.93. The van der Waals surface area contributed by atoms with Crippen molar-refractivity contribution >= 4 is 67.4 Å². The molecule has 1 atom stereocenters. The molecule has 264 valence electrons. The van der Waals surface area contributed by atoms with Gasteiger partial charge < -0.3 is 46.2 Å². The van der Waals surface area contributed by atoms with Gasteiger partial charge in [-0.05, 0) is 18.2 Å². The lowest BCUT2D eigenvalue weighted by molar-refractivity contribution is -0.122. The fourth-order valence-corrected chi connectivity index (χ4v) is 4.60. The van der Waals surface area contributed by atoms with E-state index in [0.717, 1.165) is 0 Å². The second-order valence-electron chi connectivity index (χ2n) is 9.48. The van der Waals surface area contributed by atoms with Gasteiger partial charge in [-0.3, -0.25) is 9.96 Å². The SMILES string of the molecule is N=C(Cc1nc(Nc2cccc(Nc3nc(NCCS(=O)(=O)O)nc(N(CCO)CCO)n3)c2)nc(N(CCO)CCO)n1)S(=O)OO. The van der Waals surface area contributed by atoms with Crippen LogP contribution in [-0.4, -0.2) is 143 Å². The molecule has 0 spiro atoms. The molecular weight excluding hydrogens is 680 g/mol. The molecule has 0 amide bonds. The number of nitrogens with zero attached hydrogens (tertiary/aromatic N) is 8. The quantitative estimate of drug-likeness (QED) is 0.0189. The number of rotatable bonds is 21. The van der Waals surface area contributed by atoms with Gasteiger partial charge in [0.2, 0.25) is 40.8 Å². The van der Waals surface area contributed by atoms with Gasteiger partial charge in [-0.15, -0.1) is 4.33 Å². The predicted molar refractivity (Wildman–Crippen MR) is 174 cm³/mol. The van der Waals surface area contributed by atoms with E-state index >= 15 is 0 Å². The fraction of sp³-hybridized carbons (Fsp3) is 0.458. The van der Waals surface area contributed by atoms with E-state index in [1.807, 2.05) is 0 Å². The Hall–Kier alpha value is -4.27. The smallest absolute Gasteiger partial charge is 0.266 e. The highest BCUT2D eigenvalue weighted by Crippen LogP contribution is 2.23. The van der Waals surface area contributed by atoms with Crippen LogP contribution in [0.25, 0.3) is 0 Å². The molecule has 0 aliphatic heterocycles. The minimum Gasteiger partial charge on any atom is -0.395 e. The van der Waals surface area contributed by atoms with Crippen molar-refractivity contribution in [2.75, 3.05) is 90.7 Å². The van der Waals surface area contributed by atoms with E-state index in [0.29, 0.717) is 11.4 Å². The molecule has 10 N–H and O–H groups in total. The van der Waals surface area contributed by atoms with Crippen LogP contribution in [0.15, 0.2) is 24.3 Å². The number of aliphatic hydroxyl groups excluding tert-OH is 4. The van der Waals surface area contributed by atoms with Crippen LogP contribution in [0, 0.1) is 5.41 Å². The van der Waals surface area contributed by atoms with Crippen LogP contribution in [-0.2, 0) is 32.0 Å². The lowest BCUT2D eigenvalue weighted by atomic mass is 10.3. The van der Waals surface area contributed by atoms with Gasteiger partial charge in [-0.2, -0.15) is 38.3 Å². The van der Waals surface area contributed by atoms with Crippen molar-refractivity contribution in [2.24, 2.45) is 0 Å². The maximum atomic E-state index is 11.7. The molecule has 0 saturated heterocycles. The minimum absolute atomic E-state index is 0.00150. The molecule has 0 saturated carbocycles. The highest BCUT2D eigenvalue weighted by molar-refractivity contribution is 7.96. The van der Waals surface area contributed by atoms with Crippen molar-refractivity contribution in [3.05, 3.63) is 30.1 Å². The van der Waals surface area contributed by atoms with E-state index < -0.39 is 38.4 Å². The van der Waals surface area contributed by atoms with Gasteiger partial charge in [0.1, 0.15) is 10.9 Å². The fourth-order valence-electron chi connectivity index (χ4n) is 3.90. The third-order valence-corrected chi connectivity index (χ3v) is 7.35. The molecule has 0 bridgehead atoms. The number of anilines is 7. The van der Waals surface area contributed by atoms with Crippen molar-refractivity contribution in [1.29, 1.82) is 5.41 Å². The van der Waals surface area contributed by atoms with Crippen molar-refractivity contribution in [2.45, 2.75) is 6.42 Å². The van der Waals surface area contributed by atoms with E-state index in [1.165, 1.54) is 9.80 Å². The molecule has 22 nitrogen and oxygen atoms in total. The molecule has 0 fully saturated rings. The first-order valence-electron chi connectivity index (χ1n) is 14.1.